The first kappa shape index (κ1) is 16.0. The van der Waals surface area contributed by atoms with E-state index in [1.54, 1.807) is 4.90 Å². The largest absolute Gasteiger partial charge is 0.409 e. The molecule has 110 valence electrons. The highest BCUT2D eigenvalue weighted by atomic mass is 16.4. The Balaban J connectivity index is 3.14. The molecule has 5 heteroatoms. The Morgan fingerprint density at radius 3 is 2.40 bits per heavy atom. The van der Waals surface area contributed by atoms with Crippen molar-refractivity contribution in [2.75, 3.05) is 6.54 Å². The first-order valence-corrected chi connectivity index (χ1v) is 6.85. The number of oxime groups is 1. The maximum atomic E-state index is 12.7. The highest BCUT2D eigenvalue weighted by molar-refractivity contribution is 6.07. The molecule has 0 spiro atoms. The summed E-state index contributed by atoms with van der Waals surface area (Å²) in [6.07, 6.45) is 0.863. The number of nitrogens with two attached hydrogens (primary N) is 1. The van der Waals surface area contributed by atoms with Gasteiger partial charge in [-0.25, -0.2) is 0 Å². The van der Waals surface area contributed by atoms with Crippen molar-refractivity contribution in [2.24, 2.45) is 10.9 Å². The van der Waals surface area contributed by atoms with Crippen LogP contribution in [0.2, 0.25) is 0 Å². The monoisotopic (exact) mass is 277 g/mol. The van der Waals surface area contributed by atoms with Gasteiger partial charge in [0.05, 0.1) is 0 Å². The van der Waals surface area contributed by atoms with Gasteiger partial charge in [-0.15, -0.1) is 0 Å². The van der Waals surface area contributed by atoms with E-state index >= 15 is 0 Å². The molecule has 1 atom stereocenters. The lowest BCUT2D eigenvalue weighted by Crippen LogP contribution is -2.44. The van der Waals surface area contributed by atoms with Crippen molar-refractivity contribution >= 4 is 11.7 Å². The Hall–Kier alpha value is -2.04. The standard InChI is InChI=1S/C15H23N3O2/c1-4-10-18(11(2)3)15(19)13(14(16)17-20)12-8-6-5-7-9-12/h5-9,11,13,20H,4,10H2,1-3H3,(H2,16,17). The third-order valence-corrected chi connectivity index (χ3v) is 3.16. The van der Waals surface area contributed by atoms with Crippen molar-refractivity contribution in [3.05, 3.63) is 35.9 Å². The van der Waals surface area contributed by atoms with Gasteiger partial charge in [0, 0.05) is 12.6 Å². The molecule has 1 unspecified atom stereocenters. The van der Waals surface area contributed by atoms with E-state index in [-0.39, 0.29) is 17.8 Å². The van der Waals surface area contributed by atoms with Crippen LogP contribution in [0.25, 0.3) is 0 Å². The number of amidine groups is 1. The van der Waals surface area contributed by atoms with Crippen LogP contribution in [-0.2, 0) is 4.79 Å². The van der Waals surface area contributed by atoms with Crippen molar-refractivity contribution in [1.82, 2.24) is 4.90 Å². The molecule has 20 heavy (non-hydrogen) atoms. The van der Waals surface area contributed by atoms with Crippen LogP contribution in [0.5, 0.6) is 0 Å². The predicted octanol–water partition coefficient (Wildman–Crippen LogP) is 2.16. The van der Waals surface area contributed by atoms with E-state index < -0.39 is 5.92 Å². The number of amides is 1. The summed E-state index contributed by atoms with van der Waals surface area (Å²) in [5.41, 5.74) is 6.47. The summed E-state index contributed by atoms with van der Waals surface area (Å²) in [6, 6.07) is 9.22. The molecule has 0 aliphatic carbocycles. The molecular weight excluding hydrogens is 254 g/mol. The second-order valence-corrected chi connectivity index (χ2v) is 4.99. The fourth-order valence-corrected chi connectivity index (χ4v) is 2.17. The second-order valence-electron chi connectivity index (χ2n) is 4.99. The smallest absolute Gasteiger partial charge is 0.238 e. The van der Waals surface area contributed by atoms with Crippen LogP contribution in [-0.4, -0.2) is 34.4 Å². The van der Waals surface area contributed by atoms with Gasteiger partial charge in [-0.1, -0.05) is 42.4 Å². The van der Waals surface area contributed by atoms with Crippen molar-refractivity contribution in [3.63, 3.8) is 0 Å². The number of rotatable bonds is 6. The zero-order valence-corrected chi connectivity index (χ0v) is 12.3. The molecule has 3 N–H and O–H groups in total. The Kier molecular flexibility index (Phi) is 6.03. The van der Waals surface area contributed by atoms with Crippen molar-refractivity contribution in [1.29, 1.82) is 0 Å². The molecule has 0 bridgehead atoms. The average Bonchev–Trinajstić information content (AvgIpc) is 2.45. The van der Waals surface area contributed by atoms with E-state index in [0.29, 0.717) is 6.54 Å². The maximum Gasteiger partial charge on any atom is 0.238 e. The lowest BCUT2D eigenvalue weighted by atomic mass is 9.96. The molecule has 0 radical (unpaired) electrons. The minimum absolute atomic E-state index is 0.0696. The van der Waals surface area contributed by atoms with E-state index in [0.717, 1.165) is 12.0 Å². The summed E-state index contributed by atoms with van der Waals surface area (Å²) < 4.78 is 0. The number of benzene rings is 1. The Labute approximate surface area is 120 Å². The first-order valence-electron chi connectivity index (χ1n) is 6.85. The Morgan fingerprint density at radius 1 is 1.35 bits per heavy atom. The normalized spacial score (nSPS) is 13.3. The van der Waals surface area contributed by atoms with Crippen LogP contribution in [0.4, 0.5) is 0 Å². The summed E-state index contributed by atoms with van der Waals surface area (Å²) in [6.45, 7) is 6.59. The van der Waals surface area contributed by atoms with Crippen LogP contribution in [0.15, 0.2) is 35.5 Å². The second kappa shape index (κ2) is 7.53. The van der Waals surface area contributed by atoms with E-state index in [4.69, 9.17) is 10.9 Å². The summed E-state index contributed by atoms with van der Waals surface area (Å²) in [5.74, 6) is -0.957. The van der Waals surface area contributed by atoms with Gasteiger partial charge < -0.3 is 15.8 Å². The zero-order chi connectivity index (χ0) is 15.1. The first-order chi connectivity index (χ1) is 9.52. The van der Waals surface area contributed by atoms with E-state index in [1.807, 2.05) is 51.1 Å². The highest BCUT2D eigenvalue weighted by Gasteiger charge is 2.30. The Morgan fingerprint density at radius 2 is 1.95 bits per heavy atom. The number of carbonyl (C=O) groups is 1. The van der Waals surface area contributed by atoms with Gasteiger partial charge in [-0.05, 0) is 25.8 Å². The molecule has 1 aromatic carbocycles. The molecule has 1 rings (SSSR count). The summed E-state index contributed by atoms with van der Waals surface area (Å²) >= 11 is 0. The van der Waals surface area contributed by atoms with Crippen molar-refractivity contribution < 1.29 is 10.0 Å². The molecule has 0 saturated carbocycles. The lowest BCUT2D eigenvalue weighted by molar-refractivity contribution is -0.133. The molecule has 0 aliphatic heterocycles. The minimum atomic E-state index is -0.741. The molecule has 0 heterocycles. The zero-order valence-electron chi connectivity index (χ0n) is 12.3. The van der Waals surface area contributed by atoms with Crippen LogP contribution >= 0.6 is 0 Å². The van der Waals surface area contributed by atoms with Crippen LogP contribution in [0.3, 0.4) is 0 Å². The molecule has 0 aliphatic rings. The predicted molar refractivity (Wildman–Crippen MR) is 79.7 cm³/mol. The fraction of sp³-hybridized carbons (Fsp3) is 0.467. The summed E-state index contributed by atoms with van der Waals surface area (Å²) in [4.78, 5) is 14.5. The van der Waals surface area contributed by atoms with Gasteiger partial charge >= 0.3 is 0 Å². The van der Waals surface area contributed by atoms with E-state index in [1.165, 1.54) is 0 Å². The topological polar surface area (TPSA) is 78.9 Å². The van der Waals surface area contributed by atoms with Crippen LogP contribution in [0, 0.1) is 0 Å². The molecule has 1 amide bonds. The average molecular weight is 277 g/mol. The Bertz CT molecular complexity index is 457. The van der Waals surface area contributed by atoms with Crippen LogP contribution in [0.1, 0.15) is 38.7 Å². The van der Waals surface area contributed by atoms with Gasteiger partial charge in [0.2, 0.25) is 5.91 Å². The fourth-order valence-electron chi connectivity index (χ4n) is 2.17. The van der Waals surface area contributed by atoms with Gasteiger partial charge in [0.15, 0.2) is 5.84 Å². The highest BCUT2D eigenvalue weighted by Crippen LogP contribution is 2.20. The quantitative estimate of drug-likeness (QED) is 0.362. The molecule has 0 saturated heterocycles. The SMILES string of the molecule is CCCN(C(=O)C(C(N)=NO)c1ccccc1)C(C)C. The molecule has 0 aromatic heterocycles. The van der Waals surface area contributed by atoms with Crippen LogP contribution < -0.4 is 5.73 Å². The molecule has 0 fully saturated rings. The summed E-state index contributed by atoms with van der Waals surface area (Å²) in [7, 11) is 0. The number of carbonyl (C=O) groups excluding carboxylic acids is 1. The number of nitrogens with zero attached hydrogens (tertiary/aromatic N) is 2. The number of hydrogen-bond donors (Lipinski definition) is 2. The molecule has 5 nitrogen and oxygen atoms in total. The van der Waals surface area contributed by atoms with E-state index in [9.17, 15) is 4.79 Å². The van der Waals surface area contributed by atoms with Crippen molar-refractivity contribution in [2.45, 2.75) is 39.2 Å². The van der Waals surface area contributed by atoms with E-state index in [2.05, 4.69) is 5.16 Å². The maximum absolute atomic E-state index is 12.7. The van der Waals surface area contributed by atoms with Crippen molar-refractivity contribution in [3.8, 4) is 0 Å². The number of hydrogen-bond acceptors (Lipinski definition) is 3. The van der Waals surface area contributed by atoms with Gasteiger partial charge in [0.1, 0.15) is 5.92 Å². The molecule has 1 aromatic rings. The molecular formula is C15H23N3O2. The minimum Gasteiger partial charge on any atom is -0.409 e. The third kappa shape index (κ3) is 3.73. The van der Waals surface area contributed by atoms with Gasteiger partial charge in [-0.2, -0.15) is 0 Å². The summed E-state index contributed by atoms with van der Waals surface area (Å²) in [5, 5.41) is 12.0. The van der Waals surface area contributed by atoms with Gasteiger partial charge in [-0.3, -0.25) is 4.79 Å². The third-order valence-electron chi connectivity index (χ3n) is 3.16. The lowest BCUT2D eigenvalue weighted by Gasteiger charge is -2.30. The van der Waals surface area contributed by atoms with Gasteiger partial charge in [0.25, 0.3) is 0 Å².